The molecule has 0 aromatic heterocycles. The molecule has 0 fully saturated rings. The molecule has 0 spiro atoms. The van der Waals surface area contributed by atoms with E-state index in [-0.39, 0.29) is 23.5 Å². The van der Waals surface area contributed by atoms with Crippen LogP contribution in [0.25, 0.3) is 0 Å². The van der Waals surface area contributed by atoms with E-state index in [0.29, 0.717) is 25.8 Å². The third-order valence-electron chi connectivity index (χ3n) is 3.70. The predicted molar refractivity (Wildman–Crippen MR) is 94.9 cm³/mol. The lowest BCUT2D eigenvalue weighted by Gasteiger charge is -2.25. The topological polar surface area (TPSA) is 92.5 Å². The Morgan fingerprint density at radius 1 is 1.13 bits per heavy atom. The molecule has 0 aliphatic carbocycles. The first kappa shape index (κ1) is 21.9. The van der Waals surface area contributed by atoms with Crippen molar-refractivity contribution in [2.75, 3.05) is 19.3 Å². The SMILES string of the molecule is CCC(=O)N(CCCCCC(=O)NC)C(=O)CSC(C)(N)CC. The van der Waals surface area contributed by atoms with Gasteiger partial charge in [-0.2, -0.15) is 0 Å². The molecule has 6 nitrogen and oxygen atoms in total. The van der Waals surface area contributed by atoms with Crippen molar-refractivity contribution in [2.24, 2.45) is 5.73 Å². The minimum atomic E-state index is -0.454. The van der Waals surface area contributed by atoms with Crippen molar-refractivity contribution in [3.63, 3.8) is 0 Å². The lowest BCUT2D eigenvalue weighted by Crippen LogP contribution is -2.40. The number of carbonyl (C=O) groups is 3. The van der Waals surface area contributed by atoms with E-state index < -0.39 is 4.87 Å². The van der Waals surface area contributed by atoms with Crippen LogP contribution in [0.1, 0.15) is 59.3 Å². The minimum Gasteiger partial charge on any atom is -0.359 e. The van der Waals surface area contributed by atoms with Gasteiger partial charge >= 0.3 is 0 Å². The van der Waals surface area contributed by atoms with Crippen molar-refractivity contribution in [1.29, 1.82) is 0 Å². The van der Waals surface area contributed by atoms with Crippen LogP contribution in [0.2, 0.25) is 0 Å². The third kappa shape index (κ3) is 9.61. The number of hydrogen-bond acceptors (Lipinski definition) is 5. The lowest BCUT2D eigenvalue weighted by atomic mass is 10.1. The van der Waals surface area contributed by atoms with Gasteiger partial charge in [0.25, 0.3) is 0 Å². The second-order valence-corrected chi connectivity index (χ2v) is 7.24. The van der Waals surface area contributed by atoms with Crippen LogP contribution in [-0.4, -0.2) is 46.8 Å². The van der Waals surface area contributed by atoms with Crippen molar-refractivity contribution < 1.29 is 14.4 Å². The summed E-state index contributed by atoms with van der Waals surface area (Å²) < 4.78 is 0. The normalized spacial score (nSPS) is 13.3. The highest BCUT2D eigenvalue weighted by molar-refractivity contribution is 8.01. The summed E-state index contributed by atoms with van der Waals surface area (Å²) in [5, 5.41) is 2.57. The average molecular weight is 346 g/mol. The molecule has 3 N–H and O–H groups in total. The van der Waals surface area contributed by atoms with E-state index in [2.05, 4.69) is 5.32 Å². The van der Waals surface area contributed by atoms with Gasteiger partial charge in [-0.25, -0.2) is 0 Å². The van der Waals surface area contributed by atoms with Crippen molar-refractivity contribution in [2.45, 2.75) is 64.2 Å². The lowest BCUT2D eigenvalue weighted by molar-refractivity contribution is -0.143. The molecular weight excluding hydrogens is 314 g/mol. The average Bonchev–Trinajstić information content (AvgIpc) is 2.55. The summed E-state index contributed by atoms with van der Waals surface area (Å²) in [5.74, 6) is -0.110. The Labute approximate surface area is 143 Å². The molecule has 0 saturated heterocycles. The highest BCUT2D eigenvalue weighted by Gasteiger charge is 2.23. The number of carbonyl (C=O) groups excluding carboxylic acids is 3. The van der Waals surface area contributed by atoms with Crippen LogP contribution in [0.5, 0.6) is 0 Å². The molecule has 3 amide bonds. The van der Waals surface area contributed by atoms with Crippen LogP contribution in [0, 0.1) is 0 Å². The molecule has 0 aromatic carbocycles. The fraction of sp³-hybridized carbons (Fsp3) is 0.812. The number of rotatable bonds is 11. The fourth-order valence-corrected chi connectivity index (χ4v) is 2.66. The highest BCUT2D eigenvalue weighted by Crippen LogP contribution is 2.22. The molecule has 1 unspecified atom stereocenters. The predicted octanol–water partition coefficient (Wildman–Crippen LogP) is 1.88. The summed E-state index contributed by atoms with van der Waals surface area (Å²) in [7, 11) is 1.61. The number of thioether (sulfide) groups is 1. The van der Waals surface area contributed by atoms with Crippen molar-refractivity contribution >= 4 is 29.5 Å². The van der Waals surface area contributed by atoms with E-state index in [1.807, 2.05) is 13.8 Å². The van der Waals surface area contributed by atoms with Gasteiger partial charge in [0.1, 0.15) is 0 Å². The second kappa shape index (κ2) is 11.5. The first-order chi connectivity index (χ1) is 10.8. The molecule has 0 rings (SSSR count). The molecule has 0 bridgehead atoms. The monoisotopic (exact) mass is 345 g/mol. The summed E-state index contributed by atoms with van der Waals surface area (Å²) >= 11 is 1.38. The van der Waals surface area contributed by atoms with Gasteiger partial charge in [-0.15, -0.1) is 11.8 Å². The smallest absolute Gasteiger partial charge is 0.239 e. The number of nitrogens with two attached hydrogens (primary N) is 1. The van der Waals surface area contributed by atoms with E-state index in [1.54, 1.807) is 14.0 Å². The van der Waals surface area contributed by atoms with Gasteiger partial charge in [-0.1, -0.05) is 20.3 Å². The first-order valence-corrected chi connectivity index (χ1v) is 9.22. The van der Waals surface area contributed by atoms with Crippen LogP contribution in [-0.2, 0) is 14.4 Å². The summed E-state index contributed by atoms with van der Waals surface area (Å²) in [6.07, 6.45) is 3.82. The fourth-order valence-electron chi connectivity index (χ4n) is 1.84. The summed E-state index contributed by atoms with van der Waals surface area (Å²) in [6, 6.07) is 0. The number of imide groups is 1. The van der Waals surface area contributed by atoms with E-state index >= 15 is 0 Å². The molecule has 0 heterocycles. The second-order valence-electron chi connectivity index (χ2n) is 5.73. The van der Waals surface area contributed by atoms with Crippen molar-refractivity contribution in [3.8, 4) is 0 Å². The highest BCUT2D eigenvalue weighted by atomic mass is 32.2. The summed E-state index contributed by atoms with van der Waals surface area (Å²) in [4.78, 5) is 36.3. The van der Waals surface area contributed by atoms with Gasteiger partial charge < -0.3 is 11.1 Å². The molecule has 23 heavy (non-hydrogen) atoms. The molecule has 7 heteroatoms. The number of nitrogens with one attached hydrogen (secondary N) is 1. The molecule has 0 aliphatic heterocycles. The number of unbranched alkanes of at least 4 members (excludes halogenated alkanes) is 2. The van der Waals surface area contributed by atoms with Crippen molar-refractivity contribution in [1.82, 2.24) is 10.2 Å². The summed E-state index contributed by atoms with van der Waals surface area (Å²) in [5.41, 5.74) is 6.02. The van der Waals surface area contributed by atoms with Gasteiger partial charge in [0.05, 0.1) is 10.6 Å². The molecular formula is C16H31N3O3S. The van der Waals surface area contributed by atoms with Crippen LogP contribution >= 0.6 is 11.8 Å². The first-order valence-electron chi connectivity index (χ1n) is 8.24. The zero-order chi connectivity index (χ0) is 17.9. The van der Waals surface area contributed by atoms with E-state index in [9.17, 15) is 14.4 Å². The Morgan fingerprint density at radius 2 is 1.78 bits per heavy atom. The number of amides is 3. The van der Waals surface area contributed by atoms with E-state index in [4.69, 9.17) is 5.73 Å². The van der Waals surface area contributed by atoms with Gasteiger partial charge in [-0.05, 0) is 26.2 Å². The van der Waals surface area contributed by atoms with Crippen LogP contribution in [0.15, 0.2) is 0 Å². The van der Waals surface area contributed by atoms with Crippen LogP contribution in [0.3, 0.4) is 0 Å². The Bertz CT molecular complexity index is 400. The molecule has 0 aliphatic rings. The Morgan fingerprint density at radius 3 is 2.30 bits per heavy atom. The molecule has 0 saturated carbocycles. The van der Waals surface area contributed by atoms with Gasteiger partial charge in [0, 0.05) is 26.4 Å². The minimum absolute atomic E-state index is 0.0146. The van der Waals surface area contributed by atoms with Crippen molar-refractivity contribution in [3.05, 3.63) is 0 Å². The van der Waals surface area contributed by atoms with Gasteiger partial charge in [0.15, 0.2) is 0 Å². The maximum Gasteiger partial charge on any atom is 0.239 e. The molecule has 1 atom stereocenters. The van der Waals surface area contributed by atoms with Gasteiger partial charge in [-0.3, -0.25) is 19.3 Å². The Kier molecular flexibility index (Phi) is 10.9. The quantitative estimate of drug-likeness (QED) is 0.440. The Balaban J connectivity index is 4.33. The van der Waals surface area contributed by atoms with E-state index in [1.165, 1.54) is 16.7 Å². The third-order valence-corrected chi connectivity index (χ3v) is 5.04. The molecule has 0 aromatic rings. The maximum absolute atomic E-state index is 12.3. The van der Waals surface area contributed by atoms with E-state index in [0.717, 1.165) is 19.3 Å². The number of nitrogens with zero attached hydrogens (tertiary/aromatic N) is 1. The molecule has 0 radical (unpaired) electrons. The molecule has 134 valence electrons. The zero-order valence-electron chi connectivity index (χ0n) is 14.8. The number of hydrogen-bond donors (Lipinski definition) is 2. The largest absolute Gasteiger partial charge is 0.359 e. The standard InChI is InChI=1S/C16H31N3O3S/c1-5-14(21)19(11-9-7-8-10-13(20)18-4)15(22)12-23-16(3,17)6-2/h5-12,17H2,1-4H3,(H,18,20). The Hall–Kier alpha value is -1.08. The van der Waals surface area contributed by atoms with Crippen LogP contribution < -0.4 is 11.1 Å². The van der Waals surface area contributed by atoms with Crippen LogP contribution in [0.4, 0.5) is 0 Å². The summed E-state index contributed by atoms with van der Waals surface area (Å²) in [6.45, 7) is 6.02. The maximum atomic E-state index is 12.3. The zero-order valence-corrected chi connectivity index (χ0v) is 15.6. The van der Waals surface area contributed by atoms with Gasteiger partial charge in [0.2, 0.25) is 17.7 Å².